The van der Waals surface area contributed by atoms with Gasteiger partial charge in [-0.2, -0.15) is 0 Å². The van der Waals surface area contributed by atoms with Gasteiger partial charge in [0.25, 0.3) is 0 Å². The summed E-state index contributed by atoms with van der Waals surface area (Å²) in [6.07, 6.45) is 6.21. The molecule has 0 aliphatic carbocycles. The van der Waals surface area contributed by atoms with Gasteiger partial charge in [-0.3, -0.25) is 4.98 Å². The molecule has 0 N–H and O–H groups in total. The number of anilines is 1. The molecule has 0 bridgehead atoms. The fourth-order valence-electron chi connectivity index (χ4n) is 2.38. The maximum Gasteiger partial charge on any atom is 0.182 e. The Bertz CT molecular complexity index is 802. The van der Waals surface area contributed by atoms with E-state index in [0.29, 0.717) is 11.5 Å². The van der Waals surface area contributed by atoms with E-state index in [-0.39, 0.29) is 0 Å². The molecule has 3 aromatic rings. The minimum Gasteiger partial charge on any atom is -0.356 e. The van der Waals surface area contributed by atoms with E-state index in [1.165, 1.54) is 6.42 Å². The van der Waals surface area contributed by atoms with E-state index in [0.717, 1.165) is 34.3 Å². The van der Waals surface area contributed by atoms with Crippen molar-refractivity contribution in [3.8, 4) is 11.5 Å². The first kappa shape index (κ1) is 12.6. The van der Waals surface area contributed by atoms with Gasteiger partial charge in [0, 0.05) is 35.3 Å². The van der Waals surface area contributed by atoms with Crippen molar-refractivity contribution in [1.29, 1.82) is 0 Å². The van der Waals surface area contributed by atoms with Crippen LogP contribution in [0.5, 0.6) is 0 Å². The Morgan fingerprint density at radius 1 is 1.10 bits per heavy atom. The average molecular weight is 342 g/mol. The summed E-state index contributed by atoms with van der Waals surface area (Å²) in [7, 11) is 0. The molecule has 2 aromatic heterocycles. The van der Waals surface area contributed by atoms with Gasteiger partial charge in [-0.1, -0.05) is 15.9 Å². The second-order valence-corrected chi connectivity index (χ2v) is 5.88. The summed E-state index contributed by atoms with van der Waals surface area (Å²) in [5.74, 6) is 1.61. The number of benzene rings is 1. The lowest BCUT2D eigenvalue weighted by atomic mass is 10.1. The topological polar surface area (TPSA) is 54.8 Å². The predicted molar refractivity (Wildman–Crippen MR) is 85.1 cm³/mol. The van der Waals surface area contributed by atoms with E-state index < -0.39 is 0 Å². The van der Waals surface area contributed by atoms with Crippen LogP contribution in [0.1, 0.15) is 6.42 Å². The zero-order chi connectivity index (χ0) is 14.2. The van der Waals surface area contributed by atoms with Crippen LogP contribution in [-0.4, -0.2) is 33.0 Å². The number of nitrogens with zero attached hydrogens (tertiary/aromatic N) is 5. The monoisotopic (exact) mass is 341 g/mol. The quantitative estimate of drug-likeness (QED) is 0.716. The first-order valence-corrected chi connectivity index (χ1v) is 7.59. The first-order valence-electron chi connectivity index (χ1n) is 6.80. The summed E-state index contributed by atoms with van der Waals surface area (Å²) in [6, 6.07) is 6.10. The van der Waals surface area contributed by atoms with Crippen molar-refractivity contribution in [3.63, 3.8) is 0 Å². The van der Waals surface area contributed by atoms with Crippen LogP contribution in [0.2, 0.25) is 0 Å². The van der Waals surface area contributed by atoms with Gasteiger partial charge in [-0.05, 0) is 24.6 Å². The van der Waals surface area contributed by atoms with E-state index in [9.17, 15) is 0 Å². The Morgan fingerprint density at radius 2 is 2.00 bits per heavy atom. The molecule has 5 nitrogen and oxygen atoms in total. The minimum absolute atomic E-state index is 0.621. The van der Waals surface area contributed by atoms with Crippen LogP contribution in [0, 0.1) is 0 Å². The van der Waals surface area contributed by atoms with E-state index in [4.69, 9.17) is 4.98 Å². The zero-order valence-electron chi connectivity index (χ0n) is 11.2. The number of hydrogen-bond acceptors (Lipinski definition) is 5. The van der Waals surface area contributed by atoms with E-state index in [1.807, 2.05) is 12.1 Å². The van der Waals surface area contributed by atoms with Crippen LogP contribution in [0.25, 0.3) is 22.4 Å². The molecule has 0 spiro atoms. The fraction of sp³-hybridized carbons (Fsp3) is 0.200. The summed E-state index contributed by atoms with van der Waals surface area (Å²) in [6.45, 7) is 2.09. The lowest BCUT2D eigenvalue weighted by Crippen LogP contribution is -2.37. The minimum atomic E-state index is 0.621. The van der Waals surface area contributed by atoms with Crippen LogP contribution in [-0.2, 0) is 0 Å². The van der Waals surface area contributed by atoms with E-state index in [2.05, 4.69) is 41.8 Å². The van der Waals surface area contributed by atoms with Crippen molar-refractivity contribution >= 4 is 32.7 Å². The van der Waals surface area contributed by atoms with Gasteiger partial charge < -0.3 is 4.90 Å². The third-order valence-corrected chi connectivity index (χ3v) is 4.08. The largest absolute Gasteiger partial charge is 0.356 e. The SMILES string of the molecule is Brc1ccc2c(N3CCC3)nc(-c3cnccn3)nc2c1. The Morgan fingerprint density at radius 3 is 2.71 bits per heavy atom. The molecule has 6 heteroatoms. The van der Waals surface area contributed by atoms with Gasteiger partial charge in [0.15, 0.2) is 5.82 Å². The normalized spacial score (nSPS) is 14.2. The smallest absolute Gasteiger partial charge is 0.182 e. The summed E-state index contributed by atoms with van der Waals surface area (Å²) in [4.78, 5) is 20.0. The van der Waals surface area contributed by atoms with Gasteiger partial charge in [-0.25, -0.2) is 15.0 Å². The maximum absolute atomic E-state index is 4.72. The summed E-state index contributed by atoms with van der Waals surface area (Å²) < 4.78 is 1.01. The summed E-state index contributed by atoms with van der Waals surface area (Å²) >= 11 is 3.50. The fourth-order valence-corrected chi connectivity index (χ4v) is 2.73. The highest BCUT2D eigenvalue weighted by Crippen LogP contribution is 2.30. The molecule has 0 radical (unpaired) electrons. The van der Waals surface area contributed by atoms with E-state index >= 15 is 0 Å². The molecule has 1 aliphatic heterocycles. The van der Waals surface area contributed by atoms with Crippen LogP contribution in [0.3, 0.4) is 0 Å². The number of rotatable bonds is 2. The van der Waals surface area contributed by atoms with Crippen molar-refractivity contribution in [3.05, 3.63) is 41.3 Å². The van der Waals surface area contributed by atoms with Gasteiger partial charge in [0.05, 0.1) is 11.7 Å². The highest BCUT2D eigenvalue weighted by molar-refractivity contribution is 9.10. The van der Waals surface area contributed by atoms with Crippen LogP contribution in [0.4, 0.5) is 5.82 Å². The molecule has 1 fully saturated rings. The molecule has 21 heavy (non-hydrogen) atoms. The van der Waals surface area contributed by atoms with Gasteiger partial charge in [-0.15, -0.1) is 0 Å². The second-order valence-electron chi connectivity index (χ2n) is 4.96. The average Bonchev–Trinajstić information content (AvgIpc) is 2.46. The molecule has 1 aliphatic rings. The van der Waals surface area contributed by atoms with Crippen molar-refractivity contribution < 1.29 is 0 Å². The predicted octanol–water partition coefficient (Wildman–Crippen LogP) is 3.06. The first-order chi connectivity index (χ1) is 10.3. The molecular formula is C15H12BrN5. The Hall–Kier alpha value is -2.08. The van der Waals surface area contributed by atoms with Crippen molar-refractivity contribution in [1.82, 2.24) is 19.9 Å². The van der Waals surface area contributed by atoms with Crippen LogP contribution >= 0.6 is 15.9 Å². The van der Waals surface area contributed by atoms with Gasteiger partial charge in [0.2, 0.25) is 0 Å². The Kier molecular flexibility index (Phi) is 3.03. The Labute approximate surface area is 130 Å². The molecule has 0 atom stereocenters. The van der Waals surface area contributed by atoms with E-state index in [1.54, 1.807) is 18.6 Å². The third-order valence-electron chi connectivity index (χ3n) is 3.59. The molecule has 3 heterocycles. The lowest BCUT2D eigenvalue weighted by Gasteiger charge is -2.33. The standard InChI is InChI=1S/C15H12BrN5/c16-10-2-3-11-12(8-10)19-14(13-9-17-4-5-18-13)20-15(11)21-6-1-7-21/h2-5,8-9H,1,6-7H2. The lowest BCUT2D eigenvalue weighted by molar-refractivity contribution is 0.612. The molecular weight excluding hydrogens is 330 g/mol. The number of aromatic nitrogens is 4. The molecule has 1 saturated heterocycles. The highest BCUT2D eigenvalue weighted by atomic mass is 79.9. The zero-order valence-corrected chi connectivity index (χ0v) is 12.8. The number of hydrogen-bond donors (Lipinski definition) is 0. The number of halogens is 1. The van der Waals surface area contributed by atoms with Crippen molar-refractivity contribution in [2.45, 2.75) is 6.42 Å². The Balaban J connectivity index is 1.96. The van der Waals surface area contributed by atoms with Crippen molar-refractivity contribution in [2.75, 3.05) is 18.0 Å². The maximum atomic E-state index is 4.72. The second kappa shape index (κ2) is 5.04. The molecule has 0 saturated carbocycles. The number of fused-ring (bicyclic) bond motifs is 1. The molecule has 0 unspecified atom stereocenters. The summed E-state index contributed by atoms with van der Waals surface area (Å²) in [5, 5.41) is 1.07. The van der Waals surface area contributed by atoms with Crippen LogP contribution < -0.4 is 4.90 Å². The third kappa shape index (κ3) is 2.25. The van der Waals surface area contributed by atoms with Gasteiger partial charge >= 0.3 is 0 Å². The molecule has 1 aromatic carbocycles. The van der Waals surface area contributed by atoms with Crippen molar-refractivity contribution in [2.24, 2.45) is 0 Å². The molecule has 0 amide bonds. The highest BCUT2D eigenvalue weighted by Gasteiger charge is 2.20. The van der Waals surface area contributed by atoms with Crippen LogP contribution in [0.15, 0.2) is 41.3 Å². The summed E-state index contributed by atoms with van der Waals surface area (Å²) in [5.41, 5.74) is 1.61. The van der Waals surface area contributed by atoms with Gasteiger partial charge in [0.1, 0.15) is 11.5 Å². The molecule has 4 rings (SSSR count). The molecule has 104 valence electrons.